The van der Waals surface area contributed by atoms with Gasteiger partial charge in [-0.3, -0.25) is 9.97 Å². The fourth-order valence-corrected chi connectivity index (χ4v) is 3.66. The SMILES string of the molecule is CC1CCCN(OC(=O)c2ccc3nccnc3c2)C1c1ccc(F)cc1. The third-order valence-electron chi connectivity index (χ3n) is 5.00. The molecule has 1 aliphatic heterocycles. The number of benzene rings is 2. The lowest BCUT2D eigenvalue weighted by molar-refractivity contribution is -0.165. The molecule has 0 N–H and O–H groups in total. The van der Waals surface area contributed by atoms with Crippen molar-refractivity contribution in [1.82, 2.24) is 15.0 Å². The number of nitrogens with zero attached hydrogens (tertiary/aromatic N) is 3. The van der Waals surface area contributed by atoms with Gasteiger partial charge in [0, 0.05) is 18.9 Å². The van der Waals surface area contributed by atoms with Crippen LogP contribution in [0.2, 0.25) is 0 Å². The highest BCUT2D eigenvalue weighted by Crippen LogP contribution is 2.36. The monoisotopic (exact) mass is 365 g/mol. The van der Waals surface area contributed by atoms with Gasteiger partial charge in [-0.2, -0.15) is 0 Å². The number of carbonyl (C=O) groups excluding carboxylic acids is 1. The summed E-state index contributed by atoms with van der Waals surface area (Å²) in [4.78, 5) is 26.9. The second kappa shape index (κ2) is 7.40. The van der Waals surface area contributed by atoms with Crippen LogP contribution in [0.3, 0.4) is 0 Å². The molecule has 1 aliphatic rings. The van der Waals surface area contributed by atoms with Crippen LogP contribution < -0.4 is 0 Å². The van der Waals surface area contributed by atoms with E-state index in [1.807, 2.05) is 0 Å². The van der Waals surface area contributed by atoms with Crippen LogP contribution in [-0.4, -0.2) is 27.5 Å². The molecule has 27 heavy (non-hydrogen) atoms. The number of fused-ring (bicyclic) bond motifs is 1. The minimum Gasteiger partial charge on any atom is -0.363 e. The number of hydrogen-bond donors (Lipinski definition) is 0. The van der Waals surface area contributed by atoms with E-state index in [4.69, 9.17) is 4.84 Å². The van der Waals surface area contributed by atoms with Crippen molar-refractivity contribution < 1.29 is 14.0 Å². The minimum atomic E-state index is -0.427. The number of aromatic nitrogens is 2. The molecule has 4 rings (SSSR count). The Kier molecular flexibility index (Phi) is 4.81. The van der Waals surface area contributed by atoms with Crippen molar-refractivity contribution in [2.24, 2.45) is 5.92 Å². The quantitative estimate of drug-likeness (QED) is 0.692. The Hall–Kier alpha value is -2.86. The topological polar surface area (TPSA) is 55.3 Å². The molecule has 2 heterocycles. The van der Waals surface area contributed by atoms with Gasteiger partial charge >= 0.3 is 5.97 Å². The standard InChI is InChI=1S/C21H20FN3O2/c1-14-3-2-12-25(20(14)15-4-7-17(22)8-5-15)27-21(26)16-6-9-18-19(13-16)24-11-10-23-18/h4-11,13-14,20H,2-3,12H2,1H3. The Labute approximate surface area is 156 Å². The van der Waals surface area contributed by atoms with Gasteiger partial charge < -0.3 is 4.84 Å². The molecule has 0 spiro atoms. The minimum absolute atomic E-state index is 0.0939. The van der Waals surface area contributed by atoms with Crippen molar-refractivity contribution in [3.8, 4) is 0 Å². The molecule has 1 saturated heterocycles. The number of halogens is 1. The number of rotatable bonds is 3. The van der Waals surface area contributed by atoms with Crippen molar-refractivity contribution in [3.63, 3.8) is 0 Å². The first-order chi connectivity index (χ1) is 13.1. The van der Waals surface area contributed by atoms with Gasteiger partial charge in [0.1, 0.15) is 5.82 Å². The summed E-state index contributed by atoms with van der Waals surface area (Å²) in [5, 5.41) is 1.73. The van der Waals surface area contributed by atoms with Crippen LogP contribution in [0.5, 0.6) is 0 Å². The number of hydrogen-bond acceptors (Lipinski definition) is 5. The third kappa shape index (κ3) is 3.66. The summed E-state index contributed by atoms with van der Waals surface area (Å²) >= 11 is 0. The van der Waals surface area contributed by atoms with Crippen molar-refractivity contribution in [3.05, 3.63) is 71.8 Å². The number of carbonyl (C=O) groups is 1. The fourth-order valence-electron chi connectivity index (χ4n) is 3.66. The summed E-state index contributed by atoms with van der Waals surface area (Å²) in [5.41, 5.74) is 2.75. The van der Waals surface area contributed by atoms with Crippen molar-refractivity contribution in [1.29, 1.82) is 0 Å². The summed E-state index contributed by atoms with van der Waals surface area (Å²) in [5.74, 6) is -0.411. The lowest BCUT2D eigenvalue weighted by atomic mass is 9.87. The lowest BCUT2D eigenvalue weighted by Crippen LogP contribution is -2.39. The molecular formula is C21H20FN3O2. The third-order valence-corrected chi connectivity index (χ3v) is 5.00. The van der Waals surface area contributed by atoms with Crippen LogP contribution in [0.25, 0.3) is 11.0 Å². The van der Waals surface area contributed by atoms with Gasteiger partial charge in [0.05, 0.1) is 22.6 Å². The summed E-state index contributed by atoms with van der Waals surface area (Å²) in [6.45, 7) is 2.77. The highest BCUT2D eigenvalue weighted by molar-refractivity contribution is 5.93. The average Bonchev–Trinajstić information content (AvgIpc) is 2.69. The van der Waals surface area contributed by atoms with E-state index in [9.17, 15) is 9.18 Å². The highest BCUT2D eigenvalue weighted by Gasteiger charge is 2.33. The molecule has 5 nitrogen and oxygen atoms in total. The van der Waals surface area contributed by atoms with Gasteiger partial charge in [-0.25, -0.2) is 9.18 Å². The van der Waals surface area contributed by atoms with Crippen LogP contribution >= 0.6 is 0 Å². The molecule has 0 amide bonds. The predicted molar refractivity (Wildman–Crippen MR) is 99.2 cm³/mol. The Morgan fingerprint density at radius 2 is 1.85 bits per heavy atom. The van der Waals surface area contributed by atoms with Crippen LogP contribution in [0.15, 0.2) is 54.9 Å². The van der Waals surface area contributed by atoms with Gasteiger partial charge in [-0.15, -0.1) is 5.06 Å². The van der Waals surface area contributed by atoms with E-state index < -0.39 is 5.97 Å². The first-order valence-electron chi connectivity index (χ1n) is 9.07. The zero-order valence-electron chi connectivity index (χ0n) is 15.0. The van der Waals surface area contributed by atoms with Gasteiger partial charge in [0.2, 0.25) is 0 Å². The fraction of sp³-hybridized carbons (Fsp3) is 0.286. The maximum Gasteiger partial charge on any atom is 0.357 e. The Balaban J connectivity index is 1.58. The van der Waals surface area contributed by atoms with Crippen molar-refractivity contribution in [2.45, 2.75) is 25.8 Å². The molecule has 3 aromatic rings. The second-order valence-electron chi connectivity index (χ2n) is 6.90. The molecule has 0 bridgehead atoms. The second-order valence-corrected chi connectivity index (χ2v) is 6.90. The predicted octanol–water partition coefficient (Wildman–Crippen LogP) is 4.31. The molecule has 2 atom stereocenters. The van der Waals surface area contributed by atoms with E-state index in [1.165, 1.54) is 12.1 Å². The lowest BCUT2D eigenvalue weighted by Gasteiger charge is -2.38. The first kappa shape index (κ1) is 17.5. The zero-order chi connectivity index (χ0) is 18.8. The normalized spacial score (nSPS) is 20.5. The van der Waals surface area contributed by atoms with E-state index in [0.717, 1.165) is 23.9 Å². The van der Waals surface area contributed by atoms with Crippen LogP contribution in [-0.2, 0) is 4.84 Å². The summed E-state index contributed by atoms with van der Waals surface area (Å²) in [6.07, 6.45) is 5.17. The van der Waals surface area contributed by atoms with Gasteiger partial charge in [-0.1, -0.05) is 19.1 Å². The maximum atomic E-state index is 13.3. The molecular weight excluding hydrogens is 345 g/mol. The molecule has 2 unspecified atom stereocenters. The van der Waals surface area contributed by atoms with Gasteiger partial charge in [-0.05, 0) is 54.7 Å². The van der Waals surface area contributed by atoms with E-state index >= 15 is 0 Å². The summed E-state index contributed by atoms with van der Waals surface area (Å²) < 4.78 is 13.3. The van der Waals surface area contributed by atoms with Gasteiger partial charge in [0.15, 0.2) is 0 Å². The first-order valence-corrected chi connectivity index (χ1v) is 9.07. The number of piperidine rings is 1. The zero-order valence-corrected chi connectivity index (χ0v) is 15.0. The molecule has 1 fully saturated rings. The summed E-state index contributed by atoms with van der Waals surface area (Å²) in [6, 6.07) is 11.4. The van der Waals surface area contributed by atoms with Crippen LogP contribution in [0.4, 0.5) is 4.39 Å². The Bertz CT molecular complexity index is 961. The Morgan fingerprint density at radius 1 is 1.11 bits per heavy atom. The van der Waals surface area contributed by atoms with Crippen LogP contribution in [0, 0.1) is 11.7 Å². The maximum absolute atomic E-state index is 13.3. The average molecular weight is 365 g/mol. The molecule has 2 aromatic carbocycles. The molecule has 6 heteroatoms. The van der Waals surface area contributed by atoms with E-state index in [1.54, 1.807) is 47.8 Å². The largest absolute Gasteiger partial charge is 0.363 e. The molecule has 138 valence electrons. The highest BCUT2D eigenvalue weighted by atomic mass is 19.1. The summed E-state index contributed by atoms with van der Waals surface area (Å²) in [7, 11) is 0. The van der Waals surface area contributed by atoms with Crippen LogP contribution in [0.1, 0.15) is 41.7 Å². The molecule has 0 saturated carbocycles. The number of hydroxylamine groups is 2. The van der Waals surface area contributed by atoms with Gasteiger partial charge in [0.25, 0.3) is 0 Å². The molecule has 0 aliphatic carbocycles. The van der Waals surface area contributed by atoms with E-state index in [0.29, 0.717) is 23.5 Å². The van der Waals surface area contributed by atoms with E-state index in [2.05, 4.69) is 16.9 Å². The Morgan fingerprint density at radius 3 is 2.63 bits per heavy atom. The smallest absolute Gasteiger partial charge is 0.357 e. The molecule has 0 radical (unpaired) electrons. The van der Waals surface area contributed by atoms with Crippen molar-refractivity contribution >= 4 is 17.0 Å². The molecule has 1 aromatic heterocycles. The van der Waals surface area contributed by atoms with E-state index in [-0.39, 0.29) is 11.9 Å². The van der Waals surface area contributed by atoms with Crippen molar-refractivity contribution in [2.75, 3.05) is 6.54 Å².